The van der Waals surface area contributed by atoms with Gasteiger partial charge in [0.15, 0.2) is 0 Å². The first-order valence-electron chi connectivity index (χ1n) is 8.79. The van der Waals surface area contributed by atoms with Crippen LogP contribution in [0.3, 0.4) is 0 Å². The Hall–Kier alpha value is -2.63. The summed E-state index contributed by atoms with van der Waals surface area (Å²) in [6, 6.07) is 5.89. The Morgan fingerprint density at radius 1 is 1.13 bits per heavy atom. The van der Waals surface area contributed by atoms with Crippen molar-refractivity contribution in [3.8, 4) is 0 Å². The molecule has 0 aromatic heterocycles. The third kappa shape index (κ3) is 4.58. The Morgan fingerprint density at radius 3 is 2.37 bits per heavy atom. The smallest absolute Gasteiger partial charge is 0.271 e. The van der Waals surface area contributed by atoms with Crippen LogP contribution in [0.25, 0.3) is 0 Å². The molecule has 0 atom stereocenters. The van der Waals surface area contributed by atoms with Gasteiger partial charge in [0.1, 0.15) is 11.6 Å². The van der Waals surface area contributed by atoms with Gasteiger partial charge >= 0.3 is 0 Å². The van der Waals surface area contributed by atoms with Crippen molar-refractivity contribution >= 4 is 38.9 Å². The van der Waals surface area contributed by atoms with Crippen molar-refractivity contribution in [3.63, 3.8) is 0 Å². The van der Waals surface area contributed by atoms with Crippen LogP contribution in [0.15, 0.2) is 41.3 Å². The van der Waals surface area contributed by atoms with Crippen molar-refractivity contribution in [1.29, 1.82) is 0 Å². The Labute approximate surface area is 175 Å². The highest BCUT2D eigenvalue weighted by atomic mass is 35.5. The minimum atomic E-state index is -3.92. The van der Waals surface area contributed by atoms with Crippen molar-refractivity contribution in [2.75, 3.05) is 18.4 Å². The minimum Gasteiger partial charge on any atom is -0.323 e. The van der Waals surface area contributed by atoms with E-state index in [0.717, 1.165) is 40.7 Å². The number of sulfonamides is 1. The number of nitrogens with zero attached hydrogens (tertiary/aromatic N) is 2. The van der Waals surface area contributed by atoms with Crippen LogP contribution in [-0.2, 0) is 14.8 Å². The molecule has 1 N–H and O–H groups in total. The lowest BCUT2D eigenvalue weighted by Crippen LogP contribution is -2.41. The standard InChI is InChI=1S/C18H16ClF2N3O5S/c19-14-10-13(2-4-15(14)20)30(28,29)23-7-5-11(6-8-23)18(25)22-17-9-12(24(26)27)1-3-16(17)21/h1-4,9-11H,5-8H2,(H,22,25). The predicted molar refractivity (Wildman–Crippen MR) is 105 cm³/mol. The maximum Gasteiger partial charge on any atom is 0.271 e. The normalized spacial score (nSPS) is 15.7. The number of halogens is 3. The summed E-state index contributed by atoms with van der Waals surface area (Å²) in [5, 5.41) is 12.8. The number of nitro groups is 1. The molecule has 1 amide bonds. The highest BCUT2D eigenvalue weighted by molar-refractivity contribution is 7.89. The van der Waals surface area contributed by atoms with Crippen LogP contribution in [0.4, 0.5) is 20.2 Å². The number of hydrogen-bond donors (Lipinski definition) is 1. The Balaban J connectivity index is 1.66. The van der Waals surface area contributed by atoms with Gasteiger partial charge in [-0.15, -0.1) is 0 Å². The van der Waals surface area contributed by atoms with E-state index in [-0.39, 0.29) is 47.2 Å². The molecular weight excluding hydrogens is 444 g/mol. The van der Waals surface area contributed by atoms with Gasteiger partial charge in [0.25, 0.3) is 5.69 Å². The number of hydrogen-bond acceptors (Lipinski definition) is 5. The quantitative estimate of drug-likeness (QED) is 0.543. The number of piperidine rings is 1. The summed E-state index contributed by atoms with van der Waals surface area (Å²) in [7, 11) is -3.92. The molecule has 2 aromatic carbocycles. The monoisotopic (exact) mass is 459 g/mol. The summed E-state index contributed by atoms with van der Waals surface area (Å²) in [4.78, 5) is 22.4. The van der Waals surface area contributed by atoms with E-state index in [9.17, 15) is 32.1 Å². The molecule has 0 bridgehead atoms. The fourth-order valence-corrected chi connectivity index (χ4v) is 4.84. The highest BCUT2D eigenvalue weighted by Crippen LogP contribution is 2.28. The van der Waals surface area contributed by atoms with Crippen molar-refractivity contribution in [2.45, 2.75) is 17.7 Å². The van der Waals surface area contributed by atoms with E-state index in [1.807, 2.05) is 0 Å². The predicted octanol–water partition coefficient (Wildman–Crippen LogP) is 3.57. The van der Waals surface area contributed by atoms with Crippen LogP contribution in [-0.4, -0.2) is 36.6 Å². The van der Waals surface area contributed by atoms with Gasteiger partial charge in [-0.25, -0.2) is 17.2 Å². The van der Waals surface area contributed by atoms with E-state index >= 15 is 0 Å². The second kappa shape index (κ2) is 8.62. The Kier molecular flexibility index (Phi) is 6.34. The lowest BCUT2D eigenvalue weighted by atomic mass is 9.97. The number of carbonyl (C=O) groups is 1. The Morgan fingerprint density at radius 2 is 1.77 bits per heavy atom. The van der Waals surface area contributed by atoms with Crippen molar-refractivity contribution < 1.29 is 26.9 Å². The van der Waals surface area contributed by atoms with Gasteiger partial charge < -0.3 is 5.32 Å². The van der Waals surface area contributed by atoms with E-state index < -0.39 is 38.4 Å². The zero-order valence-corrected chi connectivity index (χ0v) is 16.9. The number of nitrogens with one attached hydrogen (secondary N) is 1. The van der Waals surface area contributed by atoms with Crippen LogP contribution >= 0.6 is 11.6 Å². The fraction of sp³-hybridized carbons (Fsp3) is 0.278. The molecular formula is C18H16ClF2N3O5S. The lowest BCUT2D eigenvalue weighted by Gasteiger charge is -2.30. The summed E-state index contributed by atoms with van der Waals surface area (Å²) >= 11 is 5.66. The largest absolute Gasteiger partial charge is 0.323 e. The van der Waals surface area contributed by atoms with Gasteiger partial charge in [0, 0.05) is 31.1 Å². The number of nitro benzene ring substituents is 1. The van der Waals surface area contributed by atoms with Gasteiger partial charge in [-0.05, 0) is 37.1 Å². The van der Waals surface area contributed by atoms with Crippen LogP contribution in [0.1, 0.15) is 12.8 Å². The molecule has 3 rings (SSSR count). The molecule has 8 nitrogen and oxygen atoms in total. The molecule has 0 saturated carbocycles. The van der Waals surface area contributed by atoms with Crippen LogP contribution < -0.4 is 5.32 Å². The molecule has 12 heteroatoms. The zero-order valence-electron chi connectivity index (χ0n) is 15.3. The average molecular weight is 460 g/mol. The molecule has 160 valence electrons. The van der Waals surface area contributed by atoms with Gasteiger partial charge in [0.05, 0.1) is 20.5 Å². The number of anilines is 1. The third-order valence-corrected chi connectivity index (χ3v) is 6.96. The summed E-state index contributed by atoms with van der Waals surface area (Å²) in [5.41, 5.74) is -0.684. The zero-order chi connectivity index (χ0) is 22.1. The molecule has 0 unspecified atom stereocenters. The average Bonchev–Trinajstić information content (AvgIpc) is 2.71. The first-order valence-corrected chi connectivity index (χ1v) is 10.6. The van der Waals surface area contributed by atoms with E-state index in [4.69, 9.17) is 11.6 Å². The number of carbonyl (C=O) groups excluding carboxylic acids is 1. The van der Waals surface area contributed by atoms with Crippen LogP contribution in [0, 0.1) is 27.7 Å². The molecule has 0 radical (unpaired) electrons. The second-order valence-corrected chi connectivity index (χ2v) is 9.01. The van der Waals surface area contributed by atoms with E-state index in [1.54, 1.807) is 0 Å². The van der Waals surface area contributed by atoms with Gasteiger partial charge in [-0.3, -0.25) is 14.9 Å². The summed E-state index contributed by atoms with van der Waals surface area (Å²) in [6.07, 6.45) is 0.326. The second-order valence-electron chi connectivity index (χ2n) is 6.66. The fourth-order valence-electron chi connectivity index (χ4n) is 3.10. The van der Waals surface area contributed by atoms with Gasteiger partial charge in [0.2, 0.25) is 15.9 Å². The van der Waals surface area contributed by atoms with E-state index in [0.29, 0.717) is 0 Å². The van der Waals surface area contributed by atoms with Crippen molar-refractivity contribution in [3.05, 3.63) is 63.2 Å². The maximum absolute atomic E-state index is 13.9. The summed E-state index contributed by atoms with van der Waals surface area (Å²) in [6.45, 7) is 0.0413. The minimum absolute atomic E-state index is 0.0207. The third-order valence-electron chi connectivity index (χ3n) is 4.77. The molecule has 0 spiro atoms. The van der Waals surface area contributed by atoms with E-state index in [2.05, 4.69) is 5.32 Å². The molecule has 1 aliphatic heterocycles. The molecule has 1 heterocycles. The van der Waals surface area contributed by atoms with E-state index in [1.165, 1.54) is 0 Å². The van der Waals surface area contributed by atoms with Gasteiger partial charge in [-0.1, -0.05) is 11.6 Å². The van der Waals surface area contributed by atoms with Crippen LogP contribution in [0.2, 0.25) is 5.02 Å². The number of benzene rings is 2. The summed E-state index contributed by atoms with van der Waals surface area (Å²) in [5.74, 6) is -2.72. The number of non-ortho nitro benzene ring substituents is 1. The van der Waals surface area contributed by atoms with Crippen molar-refractivity contribution in [1.82, 2.24) is 4.31 Å². The Bertz CT molecular complexity index is 1100. The molecule has 2 aromatic rings. The number of amides is 1. The highest BCUT2D eigenvalue weighted by Gasteiger charge is 2.32. The molecule has 1 saturated heterocycles. The molecule has 1 fully saturated rings. The molecule has 30 heavy (non-hydrogen) atoms. The molecule has 1 aliphatic rings. The van der Waals surface area contributed by atoms with Crippen LogP contribution in [0.5, 0.6) is 0 Å². The SMILES string of the molecule is O=C(Nc1cc([N+](=O)[O-])ccc1F)C1CCN(S(=O)(=O)c2ccc(F)c(Cl)c2)CC1. The maximum atomic E-state index is 13.9. The van der Waals surface area contributed by atoms with Crippen molar-refractivity contribution in [2.24, 2.45) is 5.92 Å². The summed E-state index contributed by atoms with van der Waals surface area (Å²) < 4.78 is 53.7. The molecule has 0 aliphatic carbocycles. The van der Waals surface area contributed by atoms with Gasteiger partial charge in [-0.2, -0.15) is 4.31 Å². The lowest BCUT2D eigenvalue weighted by molar-refractivity contribution is -0.384. The number of rotatable bonds is 5. The topological polar surface area (TPSA) is 110 Å². The first kappa shape index (κ1) is 22.1. The first-order chi connectivity index (χ1) is 14.1.